The SMILES string of the molecule is O=C(O)C1CC2CCC1N2C(=O)Cc1ccc(F)cc1. The second-order valence-corrected chi connectivity index (χ2v) is 5.58. The van der Waals surface area contributed by atoms with Gasteiger partial charge in [0.1, 0.15) is 5.82 Å². The number of carbonyl (C=O) groups is 2. The van der Waals surface area contributed by atoms with Crippen molar-refractivity contribution in [2.24, 2.45) is 5.92 Å². The van der Waals surface area contributed by atoms with E-state index in [1.165, 1.54) is 12.1 Å². The number of hydrogen-bond acceptors (Lipinski definition) is 2. The van der Waals surface area contributed by atoms with Crippen LogP contribution in [0, 0.1) is 11.7 Å². The van der Waals surface area contributed by atoms with E-state index in [1.54, 1.807) is 17.0 Å². The van der Waals surface area contributed by atoms with Crippen LogP contribution in [0.2, 0.25) is 0 Å². The highest BCUT2D eigenvalue weighted by Crippen LogP contribution is 2.42. The molecule has 1 N–H and O–H groups in total. The lowest BCUT2D eigenvalue weighted by atomic mass is 9.89. The highest BCUT2D eigenvalue weighted by molar-refractivity contribution is 5.82. The molecule has 4 nitrogen and oxygen atoms in total. The summed E-state index contributed by atoms with van der Waals surface area (Å²) >= 11 is 0. The number of aliphatic carboxylic acids is 1. The van der Waals surface area contributed by atoms with E-state index in [9.17, 15) is 19.1 Å². The molecule has 20 heavy (non-hydrogen) atoms. The van der Waals surface area contributed by atoms with Gasteiger partial charge in [0.2, 0.25) is 5.91 Å². The minimum Gasteiger partial charge on any atom is -0.481 e. The Hall–Kier alpha value is -1.91. The summed E-state index contributed by atoms with van der Waals surface area (Å²) < 4.78 is 12.8. The van der Waals surface area contributed by atoms with Gasteiger partial charge in [-0.1, -0.05) is 12.1 Å². The Morgan fingerprint density at radius 1 is 1.25 bits per heavy atom. The zero-order valence-corrected chi connectivity index (χ0v) is 11.0. The van der Waals surface area contributed by atoms with Gasteiger partial charge < -0.3 is 10.0 Å². The van der Waals surface area contributed by atoms with Crippen molar-refractivity contribution in [2.75, 3.05) is 0 Å². The molecule has 0 saturated carbocycles. The summed E-state index contributed by atoms with van der Waals surface area (Å²) in [7, 11) is 0. The van der Waals surface area contributed by atoms with Gasteiger partial charge in [-0.2, -0.15) is 0 Å². The number of carboxylic acid groups (broad SMARTS) is 1. The first kappa shape index (κ1) is 13.1. The average molecular weight is 277 g/mol. The highest BCUT2D eigenvalue weighted by atomic mass is 19.1. The van der Waals surface area contributed by atoms with Gasteiger partial charge in [-0.05, 0) is 37.0 Å². The van der Waals surface area contributed by atoms with Crippen LogP contribution in [0.15, 0.2) is 24.3 Å². The summed E-state index contributed by atoms with van der Waals surface area (Å²) in [6.45, 7) is 0. The maximum Gasteiger partial charge on any atom is 0.308 e. The minimum absolute atomic E-state index is 0.0483. The molecule has 0 aliphatic carbocycles. The summed E-state index contributed by atoms with van der Waals surface area (Å²) in [4.78, 5) is 25.3. The van der Waals surface area contributed by atoms with Gasteiger partial charge in [-0.15, -0.1) is 0 Å². The van der Waals surface area contributed by atoms with Crippen molar-refractivity contribution in [3.05, 3.63) is 35.6 Å². The zero-order chi connectivity index (χ0) is 14.3. The first-order chi connectivity index (χ1) is 9.56. The first-order valence-corrected chi connectivity index (χ1v) is 6.84. The molecule has 3 unspecified atom stereocenters. The molecule has 2 aliphatic rings. The van der Waals surface area contributed by atoms with Crippen LogP contribution in [0.1, 0.15) is 24.8 Å². The number of fused-ring (bicyclic) bond motifs is 2. The van der Waals surface area contributed by atoms with Gasteiger partial charge in [0.05, 0.1) is 12.3 Å². The predicted molar refractivity (Wildman–Crippen MR) is 69.5 cm³/mol. The molecule has 0 radical (unpaired) electrons. The Morgan fingerprint density at radius 2 is 1.95 bits per heavy atom. The number of nitrogens with zero attached hydrogens (tertiary/aromatic N) is 1. The van der Waals surface area contributed by atoms with Crippen molar-refractivity contribution < 1.29 is 19.1 Å². The highest BCUT2D eigenvalue weighted by Gasteiger charge is 2.50. The van der Waals surface area contributed by atoms with Crippen molar-refractivity contribution in [1.82, 2.24) is 4.90 Å². The first-order valence-electron chi connectivity index (χ1n) is 6.84. The number of amides is 1. The van der Waals surface area contributed by atoms with E-state index >= 15 is 0 Å². The molecule has 106 valence electrons. The third-order valence-corrected chi connectivity index (χ3v) is 4.41. The molecule has 2 heterocycles. The second-order valence-electron chi connectivity index (χ2n) is 5.58. The largest absolute Gasteiger partial charge is 0.481 e. The molecule has 3 atom stereocenters. The normalized spacial score (nSPS) is 27.9. The number of benzene rings is 1. The van der Waals surface area contributed by atoms with Gasteiger partial charge in [0, 0.05) is 12.1 Å². The number of hydrogen-bond donors (Lipinski definition) is 1. The summed E-state index contributed by atoms with van der Waals surface area (Å²) in [5, 5.41) is 9.18. The van der Waals surface area contributed by atoms with Crippen LogP contribution in [0.3, 0.4) is 0 Å². The maximum absolute atomic E-state index is 12.8. The van der Waals surface area contributed by atoms with E-state index in [4.69, 9.17) is 0 Å². The quantitative estimate of drug-likeness (QED) is 0.917. The summed E-state index contributed by atoms with van der Waals surface area (Å²) in [6.07, 6.45) is 2.44. The Bertz CT molecular complexity index is 543. The van der Waals surface area contributed by atoms with Gasteiger partial charge in [-0.3, -0.25) is 9.59 Å². The monoisotopic (exact) mass is 277 g/mol. The number of rotatable bonds is 3. The molecule has 1 amide bonds. The Morgan fingerprint density at radius 3 is 2.55 bits per heavy atom. The van der Waals surface area contributed by atoms with Crippen LogP contribution in [0.5, 0.6) is 0 Å². The Labute approximate surface area is 116 Å². The van der Waals surface area contributed by atoms with Crippen LogP contribution in [-0.2, 0) is 16.0 Å². The van der Waals surface area contributed by atoms with Gasteiger partial charge in [0.25, 0.3) is 0 Å². The third kappa shape index (κ3) is 2.17. The topological polar surface area (TPSA) is 57.6 Å². The zero-order valence-electron chi connectivity index (χ0n) is 11.0. The lowest BCUT2D eigenvalue weighted by Gasteiger charge is -2.23. The lowest BCUT2D eigenvalue weighted by molar-refractivity contribution is -0.143. The predicted octanol–water partition coefficient (Wildman–Crippen LogP) is 1.83. The van der Waals surface area contributed by atoms with E-state index in [0.717, 1.165) is 18.4 Å². The van der Waals surface area contributed by atoms with Crippen molar-refractivity contribution in [2.45, 2.75) is 37.8 Å². The molecular weight excluding hydrogens is 261 g/mol. The summed E-state index contributed by atoms with van der Waals surface area (Å²) in [6, 6.07) is 5.77. The minimum atomic E-state index is -0.809. The van der Waals surface area contributed by atoms with Crippen molar-refractivity contribution >= 4 is 11.9 Å². The van der Waals surface area contributed by atoms with Crippen LogP contribution in [0.4, 0.5) is 4.39 Å². The molecule has 1 aromatic rings. The van der Waals surface area contributed by atoms with E-state index in [0.29, 0.717) is 6.42 Å². The van der Waals surface area contributed by atoms with Crippen LogP contribution < -0.4 is 0 Å². The molecule has 0 aromatic heterocycles. The average Bonchev–Trinajstić information content (AvgIpc) is 2.99. The fourth-order valence-electron chi connectivity index (χ4n) is 3.51. The smallest absolute Gasteiger partial charge is 0.308 e. The molecule has 0 spiro atoms. The van der Waals surface area contributed by atoms with E-state index in [1.807, 2.05) is 0 Å². The van der Waals surface area contributed by atoms with E-state index < -0.39 is 11.9 Å². The van der Waals surface area contributed by atoms with Gasteiger partial charge in [0.15, 0.2) is 0 Å². The molecule has 3 rings (SSSR count). The molecular formula is C15H16FNO3. The fraction of sp³-hybridized carbons (Fsp3) is 0.467. The number of halogens is 1. The fourth-order valence-corrected chi connectivity index (χ4v) is 3.51. The van der Waals surface area contributed by atoms with Crippen molar-refractivity contribution in [3.63, 3.8) is 0 Å². The van der Waals surface area contributed by atoms with Crippen molar-refractivity contribution in [3.8, 4) is 0 Å². The van der Waals surface area contributed by atoms with Crippen molar-refractivity contribution in [1.29, 1.82) is 0 Å². The van der Waals surface area contributed by atoms with E-state index in [2.05, 4.69) is 0 Å². The molecule has 2 aliphatic heterocycles. The molecule has 1 aromatic carbocycles. The summed E-state index contributed by atoms with van der Waals surface area (Å²) in [5.41, 5.74) is 0.759. The van der Waals surface area contributed by atoms with Gasteiger partial charge in [-0.25, -0.2) is 4.39 Å². The summed E-state index contributed by atoms with van der Waals surface area (Å²) in [5.74, 6) is -1.61. The third-order valence-electron chi connectivity index (χ3n) is 4.41. The Balaban J connectivity index is 1.72. The van der Waals surface area contributed by atoms with Crippen LogP contribution >= 0.6 is 0 Å². The molecule has 2 fully saturated rings. The second kappa shape index (κ2) is 4.89. The number of carboxylic acids is 1. The van der Waals surface area contributed by atoms with Crippen LogP contribution in [-0.4, -0.2) is 34.0 Å². The molecule has 2 bridgehead atoms. The molecule has 5 heteroatoms. The standard InChI is InChI=1S/C15H16FNO3/c16-10-3-1-9(2-4-10)7-14(18)17-11-5-6-13(17)12(8-11)15(19)20/h1-4,11-13H,5-8H2,(H,19,20). The van der Waals surface area contributed by atoms with Crippen LogP contribution in [0.25, 0.3) is 0 Å². The lowest BCUT2D eigenvalue weighted by Crippen LogP contribution is -2.38. The Kier molecular flexibility index (Phi) is 3.20. The number of carbonyl (C=O) groups excluding carboxylic acids is 1. The van der Waals surface area contributed by atoms with Gasteiger partial charge >= 0.3 is 5.97 Å². The molecule has 2 saturated heterocycles. The van der Waals surface area contributed by atoms with E-state index in [-0.39, 0.29) is 30.2 Å². The maximum atomic E-state index is 12.8.